The number of alkyl halides is 36. The van der Waals surface area contributed by atoms with Gasteiger partial charge in [-0.05, 0) is 182 Å². The second kappa shape index (κ2) is 26.9. The predicted octanol–water partition coefficient (Wildman–Crippen LogP) is 27.8. The number of hydrogen-bond donors (Lipinski definition) is 0. The second-order valence-corrected chi connectivity index (χ2v) is 22.5. The zero-order valence-electron chi connectivity index (χ0n) is 50.7. The molecule has 0 atom stereocenters. The highest BCUT2D eigenvalue weighted by Gasteiger charge is 2.46. The monoisotopic (exact) mass is 1560 g/mol. The van der Waals surface area contributed by atoms with Crippen molar-refractivity contribution in [3.63, 3.8) is 0 Å². The maximum Gasteiger partial charge on any atom is 0.416 e. The van der Waals surface area contributed by atoms with Gasteiger partial charge in [-0.3, -0.25) is 0 Å². The van der Waals surface area contributed by atoms with Gasteiger partial charge in [0.25, 0.3) is 0 Å². The highest BCUT2D eigenvalue weighted by molar-refractivity contribution is 5.86. The first kappa shape index (κ1) is 79.8. The fourth-order valence-electron chi connectivity index (χ4n) is 10.4. The van der Waals surface area contributed by atoms with Crippen LogP contribution >= 0.6 is 0 Å². The van der Waals surface area contributed by atoms with Gasteiger partial charge >= 0.3 is 74.1 Å². The molecule has 0 heterocycles. The van der Waals surface area contributed by atoms with Gasteiger partial charge in [0.05, 0.1) is 66.8 Å². The molecule has 566 valence electrons. The van der Waals surface area contributed by atoms with Gasteiger partial charge in [-0.15, -0.1) is 0 Å². The van der Waals surface area contributed by atoms with E-state index in [1.165, 1.54) is 0 Å². The minimum atomic E-state index is -5.81. The summed E-state index contributed by atoms with van der Waals surface area (Å²) in [5, 5.41) is 0. The summed E-state index contributed by atoms with van der Waals surface area (Å²) < 4.78 is 520. The standard InChI is InChI=1S/C66H30F36N4/c67-55(68,69)31-13-32(56(70,71)72)20-49(19-31)104(50-21-33(57(73,74)75)14-34(22-50)58(76,77)78)46-7-1-43(2-8-46)103(44-3-9-47(10-4-44)105(51-23-35(59(79,80)81)15-36(24-51)60(82,83)84)52-25-37(61(85,86)87)16-38(26-52)62(88,89)90)45-5-11-48(12-6-45)106(53-27-39(63(91,92)93)17-40(28-53)64(94,95)96)54-29-41(65(97,98)99)18-42(30-54)66(100,101)102/h1-30H. The van der Waals surface area contributed by atoms with Crippen molar-refractivity contribution >= 4 is 68.2 Å². The summed E-state index contributed by atoms with van der Waals surface area (Å²) in [5.41, 5.74) is -41.1. The predicted molar refractivity (Wildman–Crippen MR) is 305 cm³/mol. The van der Waals surface area contributed by atoms with Crippen molar-refractivity contribution in [3.05, 3.63) is 249 Å². The quantitative estimate of drug-likeness (QED) is 0.113. The Kier molecular flexibility index (Phi) is 20.3. The minimum Gasteiger partial charge on any atom is -0.310 e. The van der Waals surface area contributed by atoms with E-state index in [1.807, 2.05) is 0 Å². The highest BCUT2D eigenvalue weighted by atomic mass is 19.5. The van der Waals surface area contributed by atoms with Gasteiger partial charge in [0.1, 0.15) is 0 Å². The van der Waals surface area contributed by atoms with Crippen molar-refractivity contribution in [1.29, 1.82) is 0 Å². The van der Waals surface area contributed by atoms with Crippen LogP contribution in [0.2, 0.25) is 0 Å². The summed E-state index contributed by atoms with van der Waals surface area (Å²) in [6, 6.07) is 1.38. The highest BCUT2D eigenvalue weighted by Crippen LogP contribution is 2.53. The molecule has 0 amide bonds. The van der Waals surface area contributed by atoms with E-state index in [0.29, 0.717) is 77.7 Å². The zero-order valence-corrected chi connectivity index (χ0v) is 50.7. The molecule has 0 aliphatic heterocycles. The summed E-state index contributed by atoms with van der Waals surface area (Å²) >= 11 is 0. The third kappa shape index (κ3) is 17.9. The van der Waals surface area contributed by atoms with Crippen LogP contribution in [0.15, 0.2) is 182 Å². The van der Waals surface area contributed by atoms with E-state index in [4.69, 9.17) is 0 Å². The van der Waals surface area contributed by atoms with Gasteiger partial charge < -0.3 is 19.6 Å². The summed E-state index contributed by atoms with van der Waals surface area (Å²) in [6.45, 7) is 0. The van der Waals surface area contributed by atoms with Gasteiger partial charge in [-0.2, -0.15) is 158 Å². The first-order valence-electron chi connectivity index (χ1n) is 28.3. The van der Waals surface area contributed by atoms with Gasteiger partial charge in [-0.1, -0.05) is 0 Å². The Morgan fingerprint density at radius 1 is 0.113 bits per heavy atom. The molecule has 4 nitrogen and oxygen atoms in total. The van der Waals surface area contributed by atoms with Crippen LogP contribution < -0.4 is 19.6 Å². The van der Waals surface area contributed by atoms with E-state index in [1.54, 1.807) is 0 Å². The molecule has 40 heteroatoms. The molecule has 0 fully saturated rings. The molecule has 0 spiro atoms. The molecule has 0 unspecified atom stereocenters. The van der Waals surface area contributed by atoms with Crippen LogP contribution in [-0.4, -0.2) is 0 Å². The molecular formula is C66H30F36N4. The minimum absolute atomic E-state index is 0.0260. The molecule has 0 bridgehead atoms. The Morgan fingerprint density at radius 2 is 0.189 bits per heavy atom. The Balaban J connectivity index is 1.35. The largest absolute Gasteiger partial charge is 0.416 e. The molecule has 0 aromatic heterocycles. The van der Waals surface area contributed by atoms with Gasteiger partial charge in [0.2, 0.25) is 0 Å². The molecule has 0 N–H and O–H groups in total. The second-order valence-electron chi connectivity index (χ2n) is 22.5. The van der Waals surface area contributed by atoms with Gasteiger partial charge in [0.15, 0.2) is 0 Å². The van der Waals surface area contributed by atoms with E-state index in [9.17, 15) is 158 Å². The fraction of sp³-hybridized carbons (Fsp3) is 0.182. The Labute approximate surface area is 567 Å². The normalized spacial score (nSPS) is 13.5. The average molecular weight is 1560 g/mol. The van der Waals surface area contributed by atoms with Crippen molar-refractivity contribution in [2.24, 2.45) is 0 Å². The van der Waals surface area contributed by atoms with Crippen molar-refractivity contribution in [3.8, 4) is 0 Å². The Hall–Kier alpha value is -10.3. The van der Waals surface area contributed by atoms with E-state index < -0.39 is 246 Å². The third-order valence-electron chi connectivity index (χ3n) is 15.1. The van der Waals surface area contributed by atoms with Crippen LogP contribution in [0, 0.1) is 0 Å². The SMILES string of the molecule is FC(F)(F)c1cc(N(c2ccc(N(c3ccc(N(c4cc(C(F)(F)F)cc(C(F)(F)F)c4)c4cc(C(F)(F)F)cc(C(F)(F)F)c4)cc3)c3ccc(N(c4cc(C(F)(F)F)cc(C(F)(F)F)c4)c4cc(C(F)(F)F)cc(C(F)(F)F)c4)cc3)cc2)c2cc(C(F)(F)F)cc(C(F)(F)F)c2)cc(C(F)(F)F)c1. The molecule has 0 saturated heterocycles. The molecule has 0 aliphatic carbocycles. The Bertz CT molecular complexity index is 3800. The van der Waals surface area contributed by atoms with Crippen molar-refractivity contribution in [2.45, 2.75) is 74.1 Å². The van der Waals surface area contributed by atoms with Crippen molar-refractivity contribution in [1.82, 2.24) is 0 Å². The maximum atomic E-state index is 14.4. The molecule has 9 aromatic rings. The average Bonchev–Trinajstić information content (AvgIpc) is 0.767. The van der Waals surface area contributed by atoms with Crippen LogP contribution in [0.1, 0.15) is 66.8 Å². The molecule has 0 aliphatic rings. The first-order valence-corrected chi connectivity index (χ1v) is 28.3. The number of hydrogen-bond acceptors (Lipinski definition) is 4. The van der Waals surface area contributed by atoms with Gasteiger partial charge in [-0.25, -0.2) is 0 Å². The Morgan fingerprint density at radius 3 is 0.264 bits per heavy atom. The maximum absolute atomic E-state index is 14.4. The van der Waals surface area contributed by atoms with Crippen LogP contribution in [0.5, 0.6) is 0 Å². The fourth-order valence-corrected chi connectivity index (χ4v) is 10.4. The van der Waals surface area contributed by atoms with Crippen molar-refractivity contribution in [2.75, 3.05) is 19.6 Å². The van der Waals surface area contributed by atoms with Crippen LogP contribution in [0.4, 0.5) is 226 Å². The van der Waals surface area contributed by atoms with Crippen LogP contribution in [-0.2, 0) is 74.1 Å². The summed E-state index contributed by atoms with van der Waals surface area (Å²) in [6.07, 6.45) is -69.8. The lowest BCUT2D eigenvalue weighted by atomic mass is 10.0. The zero-order chi connectivity index (χ0) is 79.4. The van der Waals surface area contributed by atoms with E-state index in [-0.39, 0.29) is 87.5 Å². The molecule has 0 saturated carbocycles. The smallest absolute Gasteiger partial charge is 0.310 e. The molecule has 9 rings (SSSR count). The number of halogens is 36. The third-order valence-corrected chi connectivity index (χ3v) is 15.1. The van der Waals surface area contributed by atoms with E-state index in [0.717, 1.165) is 0 Å². The van der Waals surface area contributed by atoms with E-state index >= 15 is 0 Å². The molecular weight excluding hydrogens is 1530 g/mol. The number of rotatable bonds is 12. The van der Waals surface area contributed by atoms with Crippen LogP contribution in [0.3, 0.4) is 0 Å². The lowest BCUT2D eigenvalue weighted by molar-refractivity contribution is -0.144. The van der Waals surface area contributed by atoms with Crippen LogP contribution in [0.25, 0.3) is 0 Å². The number of anilines is 12. The van der Waals surface area contributed by atoms with E-state index in [2.05, 4.69) is 0 Å². The topological polar surface area (TPSA) is 13.0 Å². The van der Waals surface area contributed by atoms with Crippen molar-refractivity contribution < 1.29 is 158 Å². The summed E-state index contributed by atoms with van der Waals surface area (Å²) in [7, 11) is 0. The lowest BCUT2D eigenvalue weighted by Gasteiger charge is -2.31. The number of benzene rings is 9. The molecule has 106 heavy (non-hydrogen) atoms. The molecule has 9 aromatic carbocycles. The summed E-state index contributed by atoms with van der Waals surface area (Å²) in [5.74, 6) is 0. The first-order chi connectivity index (χ1) is 48.1. The summed E-state index contributed by atoms with van der Waals surface area (Å²) in [4.78, 5) is 0.607. The lowest BCUT2D eigenvalue weighted by Crippen LogP contribution is -2.18. The molecule has 0 radical (unpaired) electrons. The van der Waals surface area contributed by atoms with Gasteiger partial charge in [0, 0.05) is 68.2 Å². The number of nitrogens with zero attached hydrogens (tertiary/aromatic N) is 4.